The molecule has 1 heterocycles. The van der Waals surface area contributed by atoms with Gasteiger partial charge in [-0.2, -0.15) is 0 Å². The van der Waals surface area contributed by atoms with Gasteiger partial charge in [-0.25, -0.2) is 0 Å². The number of aliphatic hydroxyl groups excluding tert-OH is 1. The Hall–Kier alpha value is -0.450. The van der Waals surface area contributed by atoms with Crippen molar-refractivity contribution in [1.82, 2.24) is 0 Å². The molecule has 104 valence electrons. The fourth-order valence-corrected chi connectivity index (χ4v) is 2.98. The summed E-state index contributed by atoms with van der Waals surface area (Å²) in [4.78, 5) is 11.7. The average molecular weight is 256 g/mol. The molecule has 0 bridgehead atoms. The molecular weight excluding hydrogens is 232 g/mol. The molecule has 1 N–H and O–H groups in total. The Balaban J connectivity index is 1.66. The molecular formula is C14H24O4. The van der Waals surface area contributed by atoms with E-state index in [0.29, 0.717) is 18.8 Å². The van der Waals surface area contributed by atoms with Gasteiger partial charge in [-0.05, 0) is 39.0 Å². The van der Waals surface area contributed by atoms with Crippen LogP contribution >= 0.6 is 0 Å². The fraction of sp³-hybridized carbons (Fsp3) is 0.929. The second-order valence-electron chi connectivity index (χ2n) is 6.03. The topological polar surface area (TPSA) is 55.8 Å². The van der Waals surface area contributed by atoms with Crippen molar-refractivity contribution < 1.29 is 19.4 Å². The van der Waals surface area contributed by atoms with Gasteiger partial charge in [-0.1, -0.05) is 6.42 Å². The first kappa shape index (κ1) is 14.0. The Bertz CT molecular complexity index is 300. The van der Waals surface area contributed by atoms with Crippen molar-refractivity contribution >= 4 is 5.78 Å². The molecule has 1 saturated heterocycles. The van der Waals surface area contributed by atoms with E-state index in [2.05, 4.69) is 0 Å². The molecule has 2 fully saturated rings. The molecule has 0 aromatic carbocycles. The highest BCUT2D eigenvalue weighted by Gasteiger charge is 2.34. The highest BCUT2D eigenvalue weighted by molar-refractivity contribution is 5.83. The summed E-state index contributed by atoms with van der Waals surface area (Å²) in [7, 11) is 0. The van der Waals surface area contributed by atoms with Crippen molar-refractivity contribution in [2.24, 2.45) is 11.8 Å². The monoisotopic (exact) mass is 256 g/mol. The van der Waals surface area contributed by atoms with Gasteiger partial charge in [0, 0.05) is 18.9 Å². The minimum absolute atomic E-state index is 0.149. The van der Waals surface area contributed by atoms with Crippen LogP contribution in [0.2, 0.25) is 0 Å². The van der Waals surface area contributed by atoms with Gasteiger partial charge in [-0.15, -0.1) is 0 Å². The third-order valence-electron chi connectivity index (χ3n) is 3.97. The van der Waals surface area contributed by atoms with Gasteiger partial charge in [0.25, 0.3) is 0 Å². The van der Waals surface area contributed by atoms with E-state index in [0.717, 1.165) is 25.7 Å². The molecule has 0 aromatic heterocycles. The SMILES string of the molecule is CC1(C)OCC(CCCC2CC(CO)CC2=O)O1. The van der Waals surface area contributed by atoms with Gasteiger partial charge in [0.05, 0.1) is 12.7 Å². The Morgan fingerprint density at radius 1 is 1.39 bits per heavy atom. The van der Waals surface area contributed by atoms with E-state index in [4.69, 9.17) is 14.6 Å². The molecule has 4 nitrogen and oxygen atoms in total. The van der Waals surface area contributed by atoms with E-state index in [1.165, 1.54) is 0 Å². The maximum absolute atomic E-state index is 11.7. The summed E-state index contributed by atoms with van der Waals surface area (Å²) in [5.74, 6) is 0.249. The van der Waals surface area contributed by atoms with E-state index >= 15 is 0 Å². The van der Waals surface area contributed by atoms with E-state index in [1.807, 2.05) is 13.8 Å². The molecule has 2 aliphatic rings. The molecule has 0 spiro atoms. The molecule has 3 unspecified atom stereocenters. The van der Waals surface area contributed by atoms with E-state index in [1.54, 1.807) is 0 Å². The number of hydrogen-bond donors (Lipinski definition) is 1. The number of hydrogen-bond acceptors (Lipinski definition) is 4. The highest BCUT2D eigenvalue weighted by Crippen LogP contribution is 2.32. The summed E-state index contributed by atoms with van der Waals surface area (Å²) in [5, 5.41) is 9.07. The predicted octanol–water partition coefficient (Wildman–Crippen LogP) is 1.90. The van der Waals surface area contributed by atoms with Gasteiger partial charge in [-0.3, -0.25) is 4.79 Å². The lowest BCUT2D eigenvalue weighted by Crippen LogP contribution is -2.21. The number of aliphatic hydroxyl groups is 1. The number of ketones is 1. The van der Waals surface area contributed by atoms with E-state index in [9.17, 15) is 4.79 Å². The number of Topliss-reactive ketones (excluding diaryl/α,β-unsaturated/α-hetero) is 1. The number of carbonyl (C=O) groups excluding carboxylic acids is 1. The van der Waals surface area contributed by atoms with E-state index < -0.39 is 5.79 Å². The van der Waals surface area contributed by atoms with Gasteiger partial charge in [0.1, 0.15) is 5.78 Å². The zero-order chi connectivity index (χ0) is 13.2. The van der Waals surface area contributed by atoms with Crippen molar-refractivity contribution in [2.45, 2.75) is 57.8 Å². The Morgan fingerprint density at radius 2 is 2.17 bits per heavy atom. The van der Waals surface area contributed by atoms with Crippen LogP contribution in [0.1, 0.15) is 46.0 Å². The molecule has 0 aromatic rings. The van der Waals surface area contributed by atoms with Gasteiger partial charge in [0.2, 0.25) is 0 Å². The summed E-state index contributed by atoms with van der Waals surface area (Å²) in [6, 6.07) is 0. The number of ether oxygens (including phenoxy) is 2. The molecule has 1 aliphatic carbocycles. The van der Waals surface area contributed by atoms with Gasteiger partial charge < -0.3 is 14.6 Å². The van der Waals surface area contributed by atoms with Crippen LogP contribution in [0.15, 0.2) is 0 Å². The predicted molar refractivity (Wildman–Crippen MR) is 67.1 cm³/mol. The van der Waals surface area contributed by atoms with Crippen LogP contribution in [0.5, 0.6) is 0 Å². The van der Waals surface area contributed by atoms with Crippen LogP contribution in [0.4, 0.5) is 0 Å². The second-order valence-corrected chi connectivity index (χ2v) is 6.03. The lowest BCUT2D eigenvalue weighted by Gasteiger charge is -2.17. The average Bonchev–Trinajstić information content (AvgIpc) is 2.83. The summed E-state index contributed by atoms with van der Waals surface area (Å²) in [6.45, 7) is 4.67. The summed E-state index contributed by atoms with van der Waals surface area (Å²) >= 11 is 0. The lowest BCUT2D eigenvalue weighted by atomic mass is 9.97. The minimum atomic E-state index is -0.449. The molecule has 0 amide bonds. The van der Waals surface area contributed by atoms with Crippen LogP contribution in [0.25, 0.3) is 0 Å². The third-order valence-corrected chi connectivity index (χ3v) is 3.97. The van der Waals surface area contributed by atoms with Crippen LogP contribution in [0, 0.1) is 11.8 Å². The zero-order valence-corrected chi connectivity index (χ0v) is 11.4. The summed E-state index contributed by atoms with van der Waals surface area (Å²) in [6.07, 6.45) is 4.48. The Kier molecular flexibility index (Phi) is 4.41. The first-order valence-electron chi connectivity index (χ1n) is 6.95. The molecule has 2 rings (SSSR count). The zero-order valence-electron chi connectivity index (χ0n) is 11.4. The smallest absolute Gasteiger partial charge is 0.163 e. The van der Waals surface area contributed by atoms with Crippen LogP contribution < -0.4 is 0 Å². The van der Waals surface area contributed by atoms with Gasteiger partial charge in [0.15, 0.2) is 5.79 Å². The second kappa shape index (κ2) is 5.68. The van der Waals surface area contributed by atoms with Crippen molar-refractivity contribution in [2.75, 3.05) is 13.2 Å². The highest BCUT2D eigenvalue weighted by atomic mass is 16.7. The standard InChI is InChI=1S/C14H24O4/c1-14(2)17-9-12(18-14)5-3-4-11-6-10(8-15)7-13(11)16/h10-12,15H,3-9H2,1-2H3. The van der Waals surface area contributed by atoms with Crippen molar-refractivity contribution in [3.63, 3.8) is 0 Å². The number of carbonyl (C=O) groups is 1. The summed E-state index contributed by atoms with van der Waals surface area (Å²) in [5.41, 5.74) is 0. The molecule has 4 heteroatoms. The first-order chi connectivity index (χ1) is 8.50. The van der Waals surface area contributed by atoms with Gasteiger partial charge >= 0.3 is 0 Å². The van der Waals surface area contributed by atoms with Crippen LogP contribution in [-0.4, -0.2) is 36.0 Å². The third kappa shape index (κ3) is 3.53. The quantitative estimate of drug-likeness (QED) is 0.816. The largest absolute Gasteiger partial charge is 0.396 e. The summed E-state index contributed by atoms with van der Waals surface area (Å²) < 4.78 is 11.2. The maximum Gasteiger partial charge on any atom is 0.163 e. The minimum Gasteiger partial charge on any atom is -0.396 e. The molecule has 1 aliphatic heterocycles. The van der Waals surface area contributed by atoms with Crippen LogP contribution in [-0.2, 0) is 14.3 Å². The molecule has 18 heavy (non-hydrogen) atoms. The Morgan fingerprint density at radius 3 is 2.72 bits per heavy atom. The normalized spacial score (nSPS) is 35.3. The van der Waals surface area contributed by atoms with E-state index in [-0.39, 0.29) is 24.5 Å². The molecule has 0 radical (unpaired) electrons. The molecule has 1 saturated carbocycles. The maximum atomic E-state index is 11.7. The Labute approximate surface area is 109 Å². The van der Waals surface area contributed by atoms with Crippen molar-refractivity contribution in [3.05, 3.63) is 0 Å². The molecule has 3 atom stereocenters. The van der Waals surface area contributed by atoms with Crippen molar-refractivity contribution in [3.8, 4) is 0 Å². The lowest BCUT2D eigenvalue weighted by molar-refractivity contribution is -0.139. The first-order valence-corrected chi connectivity index (χ1v) is 6.95. The fourth-order valence-electron chi connectivity index (χ4n) is 2.98. The van der Waals surface area contributed by atoms with Crippen molar-refractivity contribution in [1.29, 1.82) is 0 Å². The van der Waals surface area contributed by atoms with Crippen LogP contribution in [0.3, 0.4) is 0 Å². The number of rotatable bonds is 5.